The van der Waals surface area contributed by atoms with Gasteiger partial charge in [0.2, 0.25) is 0 Å². The van der Waals surface area contributed by atoms with Gasteiger partial charge in [0.05, 0.1) is 5.69 Å². The standard InChI is InChI=1S/C60H71BN2S/c1-55(2,3)38-14-18-42(19-15-38)62-48-22-16-40(57(7,8)9)33-47(48)61-52-49(62)34-41(60-27-24-37(25-28-60)26-29-60)35-50(52)63(43-20-21-45-46(36-43)59(12,13)31-30-58(45,10)11)53-44-32-39(56(4,5)6)17-23-51(44)64-54(53)61/h14-23,32-37H,24-31H2,1-13H3. The van der Waals surface area contributed by atoms with Gasteiger partial charge in [-0.1, -0.05) is 126 Å². The Bertz CT molecular complexity index is 2850. The van der Waals surface area contributed by atoms with Crippen molar-refractivity contribution in [2.75, 3.05) is 9.80 Å². The summed E-state index contributed by atoms with van der Waals surface area (Å²) in [6, 6.07) is 37.7. The second-order valence-electron chi connectivity index (χ2n) is 25.4. The quantitative estimate of drug-likeness (QED) is 0.163. The van der Waals surface area contributed by atoms with Crippen LogP contribution in [-0.4, -0.2) is 6.71 Å². The molecule has 6 aromatic rings. The maximum Gasteiger partial charge on any atom is 0.264 e. The van der Waals surface area contributed by atoms with E-state index in [1.807, 2.05) is 11.3 Å². The molecule has 4 heteroatoms. The highest BCUT2D eigenvalue weighted by Gasteiger charge is 2.49. The fourth-order valence-corrected chi connectivity index (χ4v) is 14.1. The minimum absolute atomic E-state index is 0.00911. The highest BCUT2D eigenvalue weighted by molar-refractivity contribution is 7.33. The number of thiophene rings is 1. The largest absolute Gasteiger partial charge is 0.311 e. The Morgan fingerprint density at radius 2 is 1.08 bits per heavy atom. The first-order valence-electron chi connectivity index (χ1n) is 24.8. The number of hydrogen-bond acceptors (Lipinski definition) is 3. The van der Waals surface area contributed by atoms with Gasteiger partial charge < -0.3 is 9.80 Å². The third-order valence-electron chi connectivity index (χ3n) is 17.2. The zero-order chi connectivity index (χ0) is 45.1. The second kappa shape index (κ2) is 13.9. The van der Waals surface area contributed by atoms with E-state index in [1.54, 1.807) is 5.56 Å². The first-order chi connectivity index (χ1) is 30.0. The van der Waals surface area contributed by atoms with E-state index in [2.05, 4.69) is 191 Å². The highest BCUT2D eigenvalue weighted by atomic mass is 32.1. The van der Waals surface area contributed by atoms with Gasteiger partial charge in [0.1, 0.15) is 0 Å². The molecular formula is C60H71BN2S. The van der Waals surface area contributed by atoms with E-state index in [1.165, 1.54) is 139 Å². The van der Waals surface area contributed by atoms with Crippen molar-refractivity contribution >= 4 is 78.0 Å². The lowest BCUT2D eigenvalue weighted by Crippen LogP contribution is -2.60. The molecule has 3 heterocycles. The lowest BCUT2D eigenvalue weighted by atomic mass is 9.35. The summed E-state index contributed by atoms with van der Waals surface area (Å²) >= 11 is 2.05. The molecule has 1 aromatic heterocycles. The van der Waals surface area contributed by atoms with Gasteiger partial charge in [-0.05, 0) is 189 Å². The van der Waals surface area contributed by atoms with Crippen molar-refractivity contribution in [1.82, 2.24) is 0 Å². The monoisotopic (exact) mass is 863 g/mol. The molecule has 0 saturated heterocycles. The van der Waals surface area contributed by atoms with Crippen molar-refractivity contribution < 1.29 is 0 Å². The van der Waals surface area contributed by atoms with Gasteiger partial charge >= 0.3 is 0 Å². The summed E-state index contributed by atoms with van der Waals surface area (Å²) in [6.45, 7) is 31.3. The number of benzene rings is 5. The van der Waals surface area contributed by atoms with E-state index < -0.39 is 0 Å². The van der Waals surface area contributed by atoms with Crippen LogP contribution in [0.4, 0.5) is 34.1 Å². The highest BCUT2D eigenvalue weighted by Crippen LogP contribution is 2.56. The first kappa shape index (κ1) is 42.4. The lowest BCUT2D eigenvalue weighted by Gasteiger charge is -2.49. The number of fused-ring (bicyclic) bond motifs is 10. The predicted molar refractivity (Wildman–Crippen MR) is 280 cm³/mol. The van der Waals surface area contributed by atoms with E-state index in [0.717, 1.165) is 5.92 Å². The fourth-order valence-electron chi connectivity index (χ4n) is 12.8. The van der Waals surface area contributed by atoms with E-state index in [9.17, 15) is 0 Å². The predicted octanol–water partition coefficient (Wildman–Crippen LogP) is 15.4. The lowest BCUT2D eigenvalue weighted by molar-refractivity contribution is 0.136. The van der Waals surface area contributed by atoms with Gasteiger partial charge in [-0.25, -0.2) is 0 Å². The Kier molecular flexibility index (Phi) is 9.19. The van der Waals surface area contributed by atoms with Gasteiger partial charge in [-0.15, -0.1) is 11.3 Å². The van der Waals surface area contributed by atoms with Crippen LogP contribution in [0.5, 0.6) is 0 Å². The molecule has 2 bridgehead atoms. The zero-order valence-corrected chi connectivity index (χ0v) is 42.1. The second-order valence-corrected chi connectivity index (χ2v) is 26.5. The van der Waals surface area contributed by atoms with Crippen LogP contribution < -0.4 is 25.5 Å². The molecule has 3 saturated carbocycles. The molecule has 6 aliphatic rings. The number of anilines is 6. The average molecular weight is 863 g/mol. The minimum Gasteiger partial charge on any atom is -0.311 e. The average Bonchev–Trinajstić information content (AvgIpc) is 3.63. The first-order valence-corrected chi connectivity index (χ1v) is 25.6. The van der Waals surface area contributed by atoms with Gasteiger partial charge in [0.15, 0.2) is 0 Å². The molecule has 0 amide bonds. The number of rotatable bonds is 3. The maximum absolute atomic E-state index is 2.79. The van der Waals surface area contributed by atoms with E-state index >= 15 is 0 Å². The van der Waals surface area contributed by atoms with Crippen LogP contribution in [-0.2, 0) is 32.5 Å². The molecule has 0 N–H and O–H groups in total. The zero-order valence-electron chi connectivity index (χ0n) is 41.3. The Morgan fingerprint density at radius 3 is 1.70 bits per heavy atom. The van der Waals surface area contributed by atoms with Gasteiger partial charge in [-0.3, -0.25) is 0 Å². The molecule has 64 heavy (non-hydrogen) atoms. The van der Waals surface area contributed by atoms with Gasteiger partial charge in [0.25, 0.3) is 6.71 Å². The molecule has 330 valence electrons. The van der Waals surface area contributed by atoms with Crippen LogP contribution in [0.1, 0.15) is 175 Å². The van der Waals surface area contributed by atoms with Crippen LogP contribution in [0.2, 0.25) is 0 Å². The third kappa shape index (κ3) is 6.45. The molecule has 2 nitrogen and oxygen atoms in total. The summed E-state index contributed by atoms with van der Waals surface area (Å²) in [7, 11) is 0. The van der Waals surface area contributed by atoms with Crippen LogP contribution in [0.25, 0.3) is 10.1 Å². The summed E-state index contributed by atoms with van der Waals surface area (Å²) in [4.78, 5) is 5.48. The van der Waals surface area contributed by atoms with E-state index in [0.29, 0.717) is 0 Å². The van der Waals surface area contributed by atoms with Crippen LogP contribution in [0, 0.1) is 5.92 Å². The Morgan fingerprint density at radius 1 is 0.531 bits per heavy atom. The van der Waals surface area contributed by atoms with Crippen LogP contribution in [0.3, 0.4) is 0 Å². The number of hydrogen-bond donors (Lipinski definition) is 0. The topological polar surface area (TPSA) is 6.48 Å². The molecule has 2 aliphatic heterocycles. The summed E-state index contributed by atoms with van der Waals surface area (Å²) < 4.78 is 2.86. The third-order valence-corrected chi connectivity index (χ3v) is 18.4. The van der Waals surface area contributed by atoms with Crippen molar-refractivity contribution in [3.63, 3.8) is 0 Å². The molecule has 5 aromatic carbocycles. The van der Waals surface area contributed by atoms with Crippen LogP contribution in [0.15, 0.2) is 91.0 Å². The molecule has 4 aliphatic carbocycles. The van der Waals surface area contributed by atoms with Crippen LogP contribution >= 0.6 is 11.3 Å². The molecule has 3 fully saturated rings. The van der Waals surface area contributed by atoms with E-state index in [4.69, 9.17) is 0 Å². The molecule has 0 atom stereocenters. The summed E-state index contributed by atoms with van der Waals surface area (Å²) in [6.07, 6.45) is 10.4. The Hall–Kier alpha value is -4.28. The van der Waals surface area contributed by atoms with Crippen molar-refractivity contribution in [3.8, 4) is 0 Å². The van der Waals surface area contributed by atoms with E-state index in [-0.39, 0.29) is 39.2 Å². The van der Waals surface area contributed by atoms with Crippen molar-refractivity contribution in [2.24, 2.45) is 5.92 Å². The minimum atomic E-state index is 0.00911. The Labute approximate surface area is 390 Å². The normalized spacial score (nSPS) is 22.0. The maximum atomic E-state index is 2.79. The molecule has 0 radical (unpaired) electrons. The smallest absolute Gasteiger partial charge is 0.264 e. The molecule has 0 spiro atoms. The van der Waals surface area contributed by atoms with Gasteiger partial charge in [-0.2, -0.15) is 0 Å². The van der Waals surface area contributed by atoms with Crippen molar-refractivity contribution in [2.45, 2.75) is 174 Å². The fraction of sp³-hybridized carbons (Fsp3) is 0.467. The summed E-state index contributed by atoms with van der Waals surface area (Å²) in [5.74, 6) is 0.903. The summed E-state index contributed by atoms with van der Waals surface area (Å²) in [5.41, 5.74) is 20.3. The molecule has 0 unspecified atom stereocenters. The van der Waals surface area contributed by atoms with Crippen molar-refractivity contribution in [1.29, 1.82) is 0 Å². The Balaban J connectivity index is 1.27. The molecule has 12 rings (SSSR count). The number of nitrogens with zero attached hydrogens (tertiary/aromatic N) is 2. The van der Waals surface area contributed by atoms with Crippen molar-refractivity contribution in [3.05, 3.63) is 124 Å². The SMILES string of the molecule is CC(C)(C)c1ccc(N2c3ccc(C(C)(C)C)cc3B3c4sc5ccc(C(C)(C)C)cc5c4N(c4ccc5c(c4)C(C)(C)CCC5(C)C)c4cc(C56CCC(CC5)CC6)cc2c43)cc1. The summed E-state index contributed by atoms with van der Waals surface area (Å²) in [5, 5.41) is 1.40. The van der Waals surface area contributed by atoms with Gasteiger partial charge in [0, 0.05) is 43.3 Å². The molecular weight excluding hydrogens is 792 g/mol.